The predicted octanol–water partition coefficient (Wildman–Crippen LogP) is 3.25. The smallest absolute Gasteiger partial charge is 0.270 e. The molecular weight excluding hydrogens is 324 g/mol. The van der Waals surface area contributed by atoms with Crippen molar-refractivity contribution >= 4 is 28.0 Å². The van der Waals surface area contributed by atoms with Crippen molar-refractivity contribution in [2.75, 3.05) is 20.3 Å². The lowest BCUT2D eigenvalue weighted by Crippen LogP contribution is -2.27. The number of fused-ring (bicyclic) bond motifs is 1. The van der Waals surface area contributed by atoms with Crippen LogP contribution in [0.1, 0.15) is 15.5 Å². The number of ether oxygens (including phenoxy) is 2. The highest BCUT2D eigenvalue weighted by Crippen LogP contribution is 2.26. The average molecular weight is 342 g/mol. The molecule has 24 heavy (non-hydrogen) atoms. The molecule has 2 aromatic carbocycles. The molecule has 124 valence electrons. The zero-order valence-corrected chi connectivity index (χ0v) is 14.1. The molecule has 0 aliphatic carbocycles. The number of carbonyl (C=O) groups is 1. The Morgan fingerprint density at radius 2 is 2.04 bits per heavy atom. The number of nitrogens with zero attached hydrogens (tertiary/aromatic N) is 1. The van der Waals surface area contributed by atoms with Crippen molar-refractivity contribution in [1.82, 2.24) is 10.3 Å². The van der Waals surface area contributed by atoms with Gasteiger partial charge in [0.2, 0.25) is 0 Å². The third-order valence-electron chi connectivity index (χ3n) is 3.48. The van der Waals surface area contributed by atoms with E-state index in [4.69, 9.17) is 9.47 Å². The summed E-state index contributed by atoms with van der Waals surface area (Å²) in [6.07, 6.45) is 0. The van der Waals surface area contributed by atoms with E-state index in [1.807, 2.05) is 42.5 Å². The number of nitrogens with one attached hydrogen (secondary N) is 1. The molecule has 1 amide bonds. The summed E-state index contributed by atoms with van der Waals surface area (Å²) < 4.78 is 10.8. The molecule has 0 radical (unpaired) electrons. The molecule has 3 aromatic rings. The summed E-state index contributed by atoms with van der Waals surface area (Å²) in [5.74, 6) is 0.620. The standard InChI is InChI=1S/C18H18N2O3S/c1-22-10-9-19-18(21)15-12-24-17(20-15)11-23-16-8-4-6-13-5-2-3-7-14(13)16/h2-8,12H,9-11H2,1H3,(H,19,21). The van der Waals surface area contributed by atoms with Crippen LogP contribution in [0.15, 0.2) is 47.8 Å². The van der Waals surface area contributed by atoms with Gasteiger partial charge < -0.3 is 14.8 Å². The molecule has 5 nitrogen and oxygen atoms in total. The van der Waals surface area contributed by atoms with Gasteiger partial charge in [0.25, 0.3) is 5.91 Å². The first-order valence-corrected chi connectivity index (χ1v) is 8.48. The fraction of sp³-hybridized carbons (Fsp3) is 0.222. The Hall–Kier alpha value is -2.44. The Labute approximate surface area is 144 Å². The minimum absolute atomic E-state index is 0.195. The number of methoxy groups -OCH3 is 1. The molecule has 6 heteroatoms. The third kappa shape index (κ3) is 3.90. The molecule has 0 fully saturated rings. The van der Waals surface area contributed by atoms with Crippen molar-refractivity contribution in [1.29, 1.82) is 0 Å². The van der Waals surface area contributed by atoms with Crippen molar-refractivity contribution < 1.29 is 14.3 Å². The molecular formula is C18H18N2O3S. The average Bonchev–Trinajstić information content (AvgIpc) is 3.09. The van der Waals surface area contributed by atoms with E-state index >= 15 is 0 Å². The van der Waals surface area contributed by atoms with E-state index in [9.17, 15) is 4.79 Å². The molecule has 1 heterocycles. The highest BCUT2D eigenvalue weighted by Gasteiger charge is 2.11. The monoisotopic (exact) mass is 342 g/mol. The Kier molecular flexibility index (Phi) is 5.40. The van der Waals surface area contributed by atoms with Gasteiger partial charge in [-0.1, -0.05) is 36.4 Å². The predicted molar refractivity (Wildman–Crippen MR) is 94.6 cm³/mol. The van der Waals surface area contributed by atoms with Crippen LogP contribution in [0, 0.1) is 0 Å². The highest BCUT2D eigenvalue weighted by molar-refractivity contribution is 7.09. The van der Waals surface area contributed by atoms with Crippen molar-refractivity contribution in [3.8, 4) is 5.75 Å². The second kappa shape index (κ2) is 7.90. The SMILES string of the molecule is COCCNC(=O)c1csc(COc2cccc3ccccc23)n1. The second-order valence-corrected chi connectivity index (χ2v) is 6.08. The number of hydrogen-bond donors (Lipinski definition) is 1. The molecule has 1 aromatic heterocycles. The van der Waals surface area contributed by atoms with Crippen LogP contribution in [0.25, 0.3) is 10.8 Å². The Morgan fingerprint density at radius 3 is 2.92 bits per heavy atom. The molecule has 0 aliphatic rings. The van der Waals surface area contributed by atoms with Gasteiger partial charge in [0.15, 0.2) is 0 Å². The maximum Gasteiger partial charge on any atom is 0.270 e. The Bertz CT molecular complexity index is 827. The number of thiazole rings is 1. The quantitative estimate of drug-likeness (QED) is 0.670. The summed E-state index contributed by atoms with van der Waals surface area (Å²) in [5, 5.41) is 7.45. The van der Waals surface area contributed by atoms with Gasteiger partial charge in [-0.25, -0.2) is 4.98 Å². The van der Waals surface area contributed by atoms with Gasteiger partial charge in [-0.3, -0.25) is 4.79 Å². The topological polar surface area (TPSA) is 60.5 Å². The van der Waals surface area contributed by atoms with Crippen LogP contribution in [0.2, 0.25) is 0 Å². The normalized spacial score (nSPS) is 10.7. The van der Waals surface area contributed by atoms with Gasteiger partial charge in [0, 0.05) is 24.4 Å². The first-order chi connectivity index (χ1) is 11.8. The fourth-order valence-electron chi connectivity index (χ4n) is 2.30. The van der Waals surface area contributed by atoms with E-state index in [0.717, 1.165) is 21.5 Å². The van der Waals surface area contributed by atoms with Gasteiger partial charge in [-0.15, -0.1) is 11.3 Å². The van der Waals surface area contributed by atoms with Gasteiger partial charge in [-0.05, 0) is 11.5 Å². The van der Waals surface area contributed by atoms with E-state index in [-0.39, 0.29) is 5.91 Å². The van der Waals surface area contributed by atoms with Crippen molar-refractivity contribution in [3.05, 3.63) is 58.5 Å². The molecule has 0 saturated carbocycles. The van der Waals surface area contributed by atoms with Crippen molar-refractivity contribution in [2.45, 2.75) is 6.61 Å². The molecule has 0 saturated heterocycles. The third-order valence-corrected chi connectivity index (χ3v) is 4.30. The molecule has 0 spiro atoms. The van der Waals surface area contributed by atoms with Crippen LogP contribution in [0.5, 0.6) is 5.75 Å². The van der Waals surface area contributed by atoms with Crippen LogP contribution < -0.4 is 10.1 Å². The largest absolute Gasteiger partial charge is 0.486 e. The number of benzene rings is 2. The first kappa shape index (κ1) is 16.4. The van der Waals surface area contributed by atoms with Crippen LogP contribution in [0.4, 0.5) is 0 Å². The fourth-order valence-corrected chi connectivity index (χ4v) is 2.99. The van der Waals surface area contributed by atoms with Gasteiger partial charge in [0.05, 0.1) is 6.61 Å². The van der Waals surface area contributed by atoms with Crippen molar-refractivity contribution in [3.63, 3.8) is 0 Å². The lowest BCUT2D eigenvalue weighted by molar-refractivity contribution is 0.0932. The number of rotatable bonds is 7. The van der Waals surface area contributed by atoms with Crippen molar-refractivity contribution in [2.24, 2.45) is 0 Å². The first-order valence-electron chi connectivity index (χ1n) is 7.60. The molecule has 0 aliphatic heterocycles. The number of aromatic nitrogens is 1. The minimum atomic E-state index is -0.195. The van der Waals surface area contributed by atoms with Gasteiger partial charge in [-0.2, -0.15) is 0 Å². The summed E-state index contributed by atoms with van der Waals surface area (Å²) in [7, 11) is 1.59. The van der Waals surface area contributed by atoms with Gasteiger partial charge in [0.1, 0.15) is 23.1 Å². The number of hydrogen-bond acceptors (Lipinski definition) is 5. The molecule has 1 N–H and O–H groups in total. The van der Waals surface area contributed by atoms with E-state index in [1.165, 1.54) is 11.3 Å². The number of carbonyl (C=O) groups excluding carboxylic acids is 1. The summed E-state index contributed by atoms with van der Waals surface area (Å²) in [4.78, 5) is 16.2. The summed E-state index contributed by atoms with van der Waals surface area (Å²) in [6.45, 7) is 1.28. The maximum atomic E-state index is 11.9. The molecule has 3 rings (SSSR count). The zero-order valence-electron chi connectivity index (χ0n) is 13.3. The molecule has 0 atom stereocenters. The minimum Gasteiger partial charge on any atom is -0.486 e. The lowest BCUT2D eigenvalue weighted by Gasteiger charge is -2.07. The Morgan fingerprint density at radius 1 is 1.21 bits per heavy atom. The van der Waals surface area contributed by atoms with Crippen LogP contribution in [-0.2, 0) is 11.3 Å². The van der Waals surface area contributed by atoms with E-state index in [0.29, 0.717) is 25.5 Å². The maximum absolute atomic E-state index is 11.9. The highest BCUT2D eigenvalue weighted by atomic mass is 32.1. The summed E-state index contributed by atoms with van der Waals surface area (Å²) in [5.41, 5.74) is 0.410. The lowest BCUT2D eigenvalue weighted by atomic mass is 10.1. The Balaban J connectivity index is 1.64. The summed E-state index contributed by atoms with van der Waals surface area (Å²) in [6, 6.07) is 14.0. The zero-order chi connectivity index (χ0) is 16.8. The molecule has 0 bridgehead atoms. The summed E-state index contributed by atoms with van der Waals surface area (Å²) >= 11 is 1.41. The second-order valence-electron chi connectivity index (χ2n) is 5.14. The van der Waals surface area contributed by atoms with E-state index in [1.54, 1.807) is 12.5 Å². The van der Waals surface area contributed by atoms with Crippen LogP contribution in [0.3, 0.4) is 0 Å². The van der Waals surface area contributed by atoms with Crippen LogP contribution in [-0.4, -0.2) is 31.2 Å². The van der Waals surface area contributed by atoms with Gasteiger partial charge >= 0.3 is 0 Å². The van der Waals surface area contributed by atoms with Crippen LogP contribution >= 0.6 is 11.3 Å². The van der Waals surface area contributed by atoms with E-state index in [2.05, 4.69) is 10.3 Å². The molecule has 0 unspecified atom stereocenters. The van der Waals surface area contributed by atoms with E-state index < -0.39 is 0 Å². The number of amides is 1.